The molecule has 2 amide bonds. The molecule has 0 saturated heterocycles. The van der Waals surface area contributed by atoms with E-state index in [1.165, 1.54) is 24.1 Å². The third-order valence-corrected chi connectivity index (χ3v) is 8.82. The number of hydrogen-bond acceptors (Lipinski definition) is 4. The van der Waals surface area contributed by atoms with Crippen molar-refractivity contribution in [3.05, 3.63) is 93.5 Å². The molecular weight excluding hydrogens is 545 g/mol. The van der Waals surface area contributed by atoms with Crippen molar-refractivity contribution in [1.29, 1.82) is 0 Å². The second-order valence-corrected chi connectivity index (χ2v) is 11.5. The Labute approximate surface area is 234 Å². The minimum absolute atomic E-state index is 0.0573. The molecule has 1 N–H and O–H groups in total. The van der Waals surface area contributed by atoms with Crippen molar-refractivity contribution in [3.8, 4) is 0 Å². The average molecular weight is 577 g/mol. The normalized spacial score (nSPS) is 12.1. The third-order valence-electron chi connectivity index (χ3n) is 6.33. The van der Waals surface area contributed by atoms with E-state index in [4.69, 9.17) is 23.2 Å². The van der Waals surface area contributed by atoms with Gasteiger partial charge in [-0.2, -0.15) is 0 Å². The number of hydrogen-bond donors (Lipinski definition) is 1. The van der Waals surface area contributed by atoms with Crippen LogP contribution in [0.5, 0.6) is 0 Å². The number of carbonyl (C=O) groups excluding carboxylic acids is 2. The van der Waals surface area contributed by atoms with Gasteiger partial charge >= 0.3 is 0 Å². The first-order valence-corrected chi connectivity index (χ1v) is 14.3. The van der Waals surface area contributed by atoms with Gasteiger partial charge in [0, 0.05) is 29.2 Å². The Morgan fingerprint density at radius 2 is 1.55 bits per heavy atom. The molecule has 0 saturated carbocycles. The molecular formula is C28H31Cl2N3O4S. The number of amides is 2. The second-order valence-electron chi connectivity index (χ2n) is 8.82. The van der Waals surface area contributed by atoms with Crippen LogP contribution in [0.25, 0.3) is 0 Å². The fraction of sp³-hybridized carbons (Fsp3) is 0.286. The fourth-order valence-electron chi connectivity index (χ4n) is 4.05. The maximum absolute atomic E-state index is 13.9. The number of aryl methyl sites for hydroxylation is 2. The number of benzene rings is 3. The Hall–Kier alpha value is -3.07. The number of rotatable bonds is 10. The van der Waals surface area contributed by atoms with Gasteiger partial charge in [-0.3, -0.25) is 13.9 Å². The zero-order valence-electron chi connectivity index (χ0n) is 21.7. The molecule has 1 unspecified atom stereocenters. The number of anilines is 1. The Morgan fingerprint density at radius 3 is 2.13 bits per heavy atom. The predicted molar refractivity (Wildman–Crippen MR) is 152 cm³/mol. The highest BCUT2D eigenvalue weighted by Gasteiger charge is 2.33. The quantitative estimate of drug-likeness (QED) is 0.359. The molecule has 38 heavy (non-hydrogen) atoms. The Kier molecular flexibility index (Phi) is 9.82. The lowest BCUT2D eigenvalue weighted by molar-refractivity contribution is -0.139. The topological polar surface area (TPSA) is 86.8 Å². The summed E-state index contributed by atoms with van der Waals surface area (Å²) < 4.78 is 29.0. The third kappa shape index (κ3) is 6.49. The van der Waals surface area contributed by atoms with Gasteiger partial charge in [-0.25, -0.2) is 8.42 Å². The first-order valence-electron chi connectivity index (χ1n) is 12.1. The summed E-state index contributed by atoms with van der Waals surface area (Å²) in [7, 11) is -2.67. The molecule has 0 aliphatic heterocycles. The summed E-state index contributed by atoms with van der Waals surface area (Å²) in [5.41, 5.74) is 2.52. The number of halogens is 2. The molecule has 0 heterocycles. The van der Waals surface area contributed by atoms with Gasteiger partial charge in [0.05, 0.1) is 10.6 Å². The number of sulfonamides is 1. The molecule has 0 aliphatic carbocycles. The van der Waals surface area contributed by atoms with Crippen LogP contribution in [0.15, 0.2) is 71.6 Å². The molecule has 0 aliphatic rings. The van der Waals surface area contributed by atoms with Crippen LogP contribution in [0.3, 0.4) is 0 Å². The average Bonchev–Trinajstić information content (AvgIpc) is 2.90. The highest BCUT2D eigenvalue weighted by atomic mass is 35.5. The second kappa shape index (κ2) is 12.7. The van der Waals surface area contributed by atoms with E-state index >= 15 is 0 Å². The minimum atomic E-state index is -4.14. The lowest BCUT2D eigenvalue weighted by Gasteiger charge is -2.32. The predicted octanol–water partition coefficient (Wildman–Crippen LogP) is 5.22. The van der Waals surface area contributed by atoms with E-state index in [2.05, 4.69) is 5.32 Å². The maximum Gasteiger partial charge on any atom is 0.264 e. The van der Waals surface area contributed by atoms with Crippen LogP contribution in [0.4, 0.5) is 5.69 Å². The van der Waals surface area contributed by atoms with Crippen molar-refractivity contribution < 1.29 is 18.0 Å². The summed E-state index contributed by atoms with van der Waals surface area (Å²) in [6, 6.07) is 17.5. The smallest absolute Gasteiger partial charge is 0.264 e. The lowest BCUT2D eigenvalue weighted by Crippen LogP contribution is -2.51. The van der Waals surface area contributed by atoms with E-state index in [0.29, 0.717) is 27.7 Å². The molecule has 202 valence electrons. The molecule has 7 nitrogen and oxygen atoms in total. The highest BCUT2D eigenvalue weighted by molar-refractivity contribution is 7.92. The van der Waals surface area contributed by atoms with E-state index < -0.39 is 34.4 Å². The van der Waals surface area contributed by atoms with Gasteiger partial charge in [0.2, 0.25) is 11.8 Å². The van der Waals surface area contributed by atoms with E-state index in [9.17, 15) is 18.0 Å². The maximum atomic E-state index is 13.9. The zero-order valence-corrected chi connectivity index (χ0v) is 24.1. The van der Waals surface area contributed by atoms with E-state index in [-0.39, 0.29) is 11.4 Å². The first kappa shape index (κ1) is 29.5. The van der Waals surface area contributed by atoms with Gasteiger partial charge in [-0.1, -0.05) is 72.1 Å². The highest BCUT2D eigenvalue weighted by Crippen LogP contribution is 2.30. The van der Waals surface area contributed by atoms with Gasteiger partial charge in [-0.05, 0) is 56.2 Å². The number of para-hydroxylation sites is 1. The SMILES string of the molecule is CCc1ccccc1N(CC(=O)N(Cc1c(Cl)cccc1Cl)C(C)C(=O)NC)S(=O)(=O)c1ccc(C)cc1. The summed E-state index contributed by atoms with van der Waals surface area (Å²) >= 11 is 12.7. The van der Waals surface area contributed by atoms with E-state index in [0.717, 1.165) is 15.4 Å². The Balaban J connectivity index is 2.11. The van der Waals surface area contributed by atoms with Crippen LogP contribution >= 0.6 is 23.2 Å². The van der Waals surface area contributed by atoms with Crippen molar-refractivity contribution >= 4 is 50.7 Å². The van der Waals surface area contributed by atoms with Crippen molar-refractivity contribution in [1.82, 2.24) is 10.2 Å². The van der Waals surface area contributed by atoms with Crippen LogP contribution in [0.2, 0.25) is 10.0 Å². The minimum Gasteiger partial charge on any atom is -0.357 e. The fourth-order valence-corrected chi connectivity index (χ4v) is 6.02. The van der Waals surface area contributed by atoms with E-state index in [1.54, 1.807) is 49.4 Å². The van der Waals surface area contributed by atoms with Crippen molar-refractivity contribution in [2.45, 2.75) is 44.7 Å². The molecule has 3 aromatic carbocycles. The monoisotopic (exact) mass is 575 g/mol. The van der Waals surface area contributed by atoms with Gasteiger partial charge < -0.3 is 10.2 Å². The molecule has 0 aromatic heterocycles. The van der Waals surface area contributed by atoms with E-state index in [1.807, 2.05) is 26.0 Å². The summed E-state index contributed by atoms with van der Waals surface area (Å²) in [6.07, 6.45) is 0.553. The van der Waals surface area contributed by atoms with Crippen molar-refractivity contribution in [3.63, 3.8) is 0 Å². The van der Waals surface area contributed by atoms with Crippen molar-refractivity contribution in [2.24, 2.45) is 0 Å². The molecule has 3 aromatic rings. The number of likely N-dealkylation sites (N-methyl/N-ethyl adjacent to an activating group) is 1. The summed E-state index contributed by atoms with van der Waals surface area (Å²) in [5, 5.41) is 3.22. The largest absolute Gasteiger partial charge is 0.357 e. The van der Waals surface area contributed by atoms with Gasteiger partial charge in [-0.15, -0.1) is 0 Å². The number of nitrogens with one attached hydrogen (secondary N) is 1. The molecule has 3 rings (SSSR count). The van der Waals surface area contributed by atoms with Crippen LogP contribution in [-0.4, -0.2) is 44.8 Å². The molecule has 0 fully saturated rings. The molecule has 1 atom stereocenters. The molecule has 10 heteroatoms. The zero-order chi connectivity index (χ0) is 28.0. The van der Waals surface area contributed by atoms with Crippen LogP contribution < -0.4 is 9.62 Å². The Morgan fingerprint density at radius 1 is 0.947 bits per heavy atom. The first-order chi connectivity index (χ1) is 18.0. The summed E-state index contributed by atoms with van der Waals surface area (Å²) in [4.78, 5) is 27.9. The van der Waals surface area contributed by atoms with Gasteiger partial charge in [0.1, 0.15) is 12.6 Å². The standard InChI is InChI=1S/C28H31Cl2N3O4S/c1-5-21-9-6-7-12-26(21)33(38(36,37)22-15-13-19(2)14-16-22)18-27(34)32(20(3)28(35)31-4)17-23-24(29)10-8-11-25(23)30/h6-16,20H,5,17-18H2,1-4H3,(H,31,35). The molecule has 0 radical (unpaired) electrons. The lowest BCUT2D eigenvalue weighted by atomic mass is 10.1. The van der Waals surface area contributed by atoms with Crippen LogP contribution in [-0.2, 0) is 32.6 Å². The van der Waals surface area contributed by atoms with Gasteiger partial charge in [0.25, 0.3) is 10.0 Å². The van der Waals surface area contributed by atoms with Crippen LogP contribution in [0.1, 0.15) is 30.5 Å². The van der Waals surface area contributed by atoms with Crippen molar-refractivity contribution in [2.75, 3.05) is 17.9 Å². The summed E-state index contributed by atoms with van der Waals surface area (Å²) in [5.74, 6) is -0.998. The number of carbonyl (C=O) groups is 2. The molecule has 0 bridgehead atoms. The van der Waals surface area contributed by atoms with Gasteiger partial charge in [0.15, 0.2) is 0 Å². The Bertz CT molecular complexity index is 1390. The number of nitrogens with zero attached hydrogens (tertiary/aromatic N) is 2. The molecule has 0 spiro atoms. The van der Waals surface area contributed by atoms with Crippen LogP contribution in [0, 0.1) is 6.92 Å². The summed E-state index contributed by atoms with van der Waals surface area (Å²) in [6.45, 7) is 4.73.